The lowest BCUT2D eigenvalue weighted by atomic mass is 10.1. The fourth-order valence-corrected chi connectivity index (χ4v) is 2.08. The maximum Gasteiger partial charge on any atom is 0.0795 e. The lowest BCUT2D eigenvalue weighted by Crippen LogP contribution is -2.24. The van der Waals surface area contributed by atoms with Crippen LogP contribution in [0.1, 0.15) is 17.3 Å². The molecule has 0 unspecified atom stereocenters. The Balaban J connectivity index is 1.96. The van der Waals surface area contributed by atoms with Crippen LogP contribution in [-0.2, 0) is 6.54 Å². The van der Waals surface area contributed by atoms with Crippen LogP contribution >= 0.6 is 11.3 Å². The van der Waals surface area contributed by atoms with Gasteiger partial charge >= 0.3 is 0 Å². The molecule has 0 amide bonds. The van der Waals surface area contributed by atoms with E-state index >= 15 is 0 Å². The average molecular weight is 234 g/mol. The Morgan fingerprint density at radius 1 is 1.31 bits per heavy atom. The lowest BCUT2D eigenvalue weighted by molar-refractivity contribution is 0.243. The summed E-state index contributed by atoms with van der Waals surface area (Å²) in [5.74, 6) is 0. The minimum absolute atomic E-state index is 0.0251. The van der Waals surface area contributed by atoms with Crippen molar-refractivity contribution in [3.63, 3.8) is 0 Å². The van der Waals surface area contributed by atoms with Crippen molar-refractivity contribution >= 4 is 11.3 Å². The highest BCUT2D eigenvalue weighted by molar-refractivity contribution is 7.07. The molecule has 0 spiro atoms. The molecule has 1 heterocycles. The molecule has 1 aromatic carbocycles. The number of benzene rings is 1. The van der Waals surface area contributed by atoms with Gasteiger partial charge in [-0.2, -0.15) is 0 Å². The summed E-state index contributed by atoms with van der Waals surface area (Å²) in [6.45, 7) is 0.776. The number of rotatable bonds is 5. The first-order valence-corrected chi connectivity index (χ1v) is 6.10. The van der Waals surface area contributed by atoms with Crippen LogP contribution in [0.5, 0.6) is 0 Å². The van der Waals surface area contributed by atoms with Gasteiger partial charge < -0.3 is 10.4 Å². The van der Waals surface area contributed by atoms with E-state index in [4.69, 9.17) is 0 Å². The SMILES string of the molecule is OC[C@H](NCc1cscn1)c1ccccc1. The summed E-state index contributed by atoms with van der Waals surface area (Å²) in [4.78, 5) is 4.19. The summed E-state index contributed by atoms with van der Waals surface area (Å²) < 4.78 is 0. The van der Waals surface area contributed by atoms with Gasteiger partial charge in [0.2, 0.25) is 0 Å². The third-order valence-electron chi connectivity index (χ3n) is 2.40. The first-order chi connectivity index (χ1) is 7.90. The molecule has 2 rings (SSSR count). The Morgan fingerprint density at radius 3 is 2.75 bits per heavy atom. The monoisotopic (exact) mass is 234 g/mol. The van der Waals surface area contributed by atoms with Gasteiger partial charge in [0.1, 0.15) is 0 Å². The summed E-state index contributed by atoms with van der Waals surface area (Å²) in [5, 5.41) is 14.6. The predicted octanol–water partition coefficient (Wildman–Crippen LogP) is 1.97. The van der Waals surface area contributed by atoms with Gasteiger partial charge in [0, 0.05) is 11.9 Å². The minimum Gasteiger partial charge on any atom is -0.394 e. The van der Waals surface area contributed by atoms with E-state index in [-0.39, 0.29) is 12.6 Å². The molecule has 3 nitrogen and oxygen atoms in total. The van der Waals surface area contributed by atoms with Crippen LogP contribution < -0.4 is 5.32 Å². The molecule has 16 heavy (non-hydrogen) atoms. The number of aliphatic hydroxyl groups excluding tert-OH is 1. The van der Waals surface area contributed by atoms with Gasteiger partial charge in [-0.15, -0.1) is 11.3 Å². The first kappa shape index (κ1) is 11.3. The van der Waals surface area contributed by atoms with Crippen LogP contribution in [0.25, 0.3) is 0 Å². The van der Waals surface area contributed by atoms with E-state index in [1.54, 1.807) is 11.3 Å². The summed E-state index contributed by atoms with van der Waals surface area (Å²) in [5.41, 5.74) is 3.92. The molecule has 4 heteroatoms. The van der Waals surface area contributed by atoms with Crippen LogP contribution in [0, 0.1) is 0 Å². The van der Waals surface area contributed by atoms with Crippen LogP contribution in [0.4, 0.5) is 0 Å². The van der Waals surface area contributed by atoms with Crippen molar-refractivity contribution in [2.45, 2.75) is 12.6 Å². The molecular weight excluding hydrogens is 220 g/mol. The molecule has 2 aromatic rings. The molecule has 0 fully saturated rings. The quantitative estimate of drug-likeness (QED) is 0.831. The molecule has 0 bridgehead atoms. The number of nitrogens with zero attached hydrogens (tertiary/aromatic N) is 1. The van der Waals surface area contributed by atoms with Crippen molar-refractivity contribution in [2.75, 3.05) is 6.61 Å². The van der Waals surface area contributed by atoms with Crippen LogP contribution in [0.2, 0.25) is 0 Å². The number of nitrogens with one attached hydrogen (secondary N) is 1. The second kappa shape index (κ2) is 5.75. The average Bonchev–Trinajstić information content (AvgIpc) is 2.84. The molecule has 0 aliphatic heterocycles. The molecule has 2 N–H and O–H groups in total. The summed E-state index contributed by atoms with van der Waals surface area (Å²) in [7, 11) is 0. The van der Waals surface area contributed by atoms with Gasteiger partial charge in [-0.3, -0.25) is 0 Å². The third-order valence-corrected chi connectivity index (χ3v) is 3.03. The zero-order valence-corrected chi connectivity index (χ0v) is 9.65. The molecule has 1 atom stereocenters. The van der Waals surface area contributed by atoms with Crippen molar-refractivity contribution in [1.29, 1.82) is 0 Å². The van der Waals surface area contributed by atoms with Crippen molar-refractivity contribution < 1.29 is 5.11 Å². The second-order valence-corrected chi connectivity index (χ2v) is 4.23. The first-order valence-electron chi connectivity index (χ1n) is 5.16. The van der Waals surface area contributed by atoms with Gasteiger partial charge in [0.25, 0.3) is 0 Å². The van der Waals surface area contributed by atoms with Crippen LogP contribution in [0.15, 0.2) is 41.2 Å². The number of thiazole rings is 1. The Labute approximate surface area is 98.8 Å². The Morgan fingerprint density at radius 2 is 2.12 bits per heavy atom. The smallest absolute Gasteiger partial charge is 0.0795 e. The summed E-state index contributed by atoms with van der Waals surface area (Å²) in [6.07, 6.45) is 0. The predicted molar refractivity (Wildman–Crippen MR) is 65.2 cm³/mol. The number of aromatic nitrogens is 1. The summed E-state index contributed by atoms with van der Waals surface area (Å²) in [6, 6.07) is 9.91. The highest BCUT2D eigenvalue weighted by Crippen LogP contribution is 2.12. The Kier molecular flexibility index (Phi) is 4.04. The molecule has 0 radical (unpaired) electrons. The van der Waals surface area contributed by atoms with Crippen LogP contribution in [-0.4, -0.2) is 16.7 Å². The lowest BCUT2D eigenvalue weighted by Gasteiger charge is -2.15. The maximum atomic E-state index is 9.33. The Bertz CT molecular complexity index is 402. The van der Waals surface area contributed by atoms with E-state index in [1.165, 1.54) is 0 Å². The van der Waals surface area contributed by atoms with Crippen molar-refractivity contribution in [2.24, 2.45) is 0 Å². The van der Waals surface area contributed by atoms with E-state index in [9.17, 15) is 5.11 Å². The van der Waals surface area contributed by atoms with Gasteiger partial charge in [-0.1, -0.05) is 30.3 Å². The topological polar surface area (TPSA) is 45.1 Å². The van der Waals surface area contributed by atoms with E-state index in [2.05, 4.69) is 10.3 Å². The Hall–Kier alpha value is -1.23. The molecule has 0 aliphatic carbocycles. The number of aliphatic hydroxyl groups is 1. The van der Waals surface area contributed by atoms with E-state index in [0.717, 1.165) is 11.3 Å². The molecule has 1 aromatic heterocycles. The van der Waals surface area contributed by atoms with Crippen molar-refractivity contribution in [3.05, 3.63) is 52.5 Å². The van der Waals surface area contributed by atoms with Crippen molar-refractivity contribution in [3.8, 4) is 0 Å². The minimum atomic E-state index is -0.0251. The van der Waals surface area contributed by atoms with Crippen molar-refractivity contribution in [1.82, 2.24) is 10.3 Å². The fraction of sp³-hybridized carbons (Fsp3) is 0.250. The van der Waals surface area contributed by atoms with E-state index < -0.39 is 0 Å². The molecular formula is C12H14N2OS. The summed E-state index contributed by atoms with van der Waals surface area (Å²) >= 11 is 1.58. The molecule has 0 aliphatic rings. The zero-order valence-electron chi connectivity index (χ0n) is 8.84. The fourth-order valence-electron chi connectivity index (χ4n) is 1.53. The second-order valence-electron chi connectivity index (χ2n) is 3.51. The van der Waals surface area contributed by atoms with Crippen LogP contribution in [0.3, 0.4) is 0 Å². The number of hydrogen-bond donors (Lipinski definition) is 2. The maximum absolute atomic E-state index is 9.33. The van der Waals surface area contributed by atoms with E-state index in [1.807, 2.05) is 41.2 Å². The zero-order chi connectivity index (χ0) is 11.2. The van der Waals surface area contributed by atoms with E-state index in [0.29, 0.717) is 6.54 Å². The molecule has 0 saturated heterocycles. The highest BCUT2D eigenvalue weighted by Gasteiger charge is 2.09. The highest BCUT2D eigenvalue weighted by atomic mass is 32.1. The standard InChI is InChI=1S/C12H14N2OS/c15-7-12(10-4-2-1-3-5-10)13-6-11-8-16-9-14-11/h1-5,8-9,12-13,15H,6-7H2/t12-/m0/s1. The number of hydrogen-bond acceptors (Lipinski definition) is 4. The third kappa shape index (κ3) is 2.88. The normalized spacial score (nSPS) is 12.6. The van der Waals surface area contributed by atoms with Gasteiger partial charge in [0.15, 0.2) is 0 Å². The molecule has 0 saturated carbocycles. The van der Waals surface area contributed by atoms with Gasteiger partial charge in [-0.25, -0.2) is 4.98 Å². The molecule has 84 valence electrons. The van der Waals surface area contributed by atoms with Gasteiger partial charge in [0.05, 0.1) is 23.9 Å². The largest absolute Gasteiger partial charge is 0.394 e. The van der Waals surface area contributed by atoms with Gasteiger partial charge in [-0.05, 0) is 5.56 Å².